The highest BCUT2D eigenvalue weighted by atomic mass is 32.2. The van der Waals surface area contributed by atoms with Gasteiger partial charge in [0.05, 0.1) is 37.1 Å². The average Bonchev–Trinajstić information content (AvgIpc) is 3.38. The predicted molar refractivity (Wildman–Crippen MR) is 117 cm³/mol. The van der Waals surface area contributed by atoms with Gasteiger partial charge in [-0.3, -0.25) is 0 Å². The van der Waals surface area contributed by atoms with Crippen LogP contribution in [0.15, 0.2) is 39.8 Å². The fraction of sp³-hybridized carbons (Fsp3) is 0.609. The van der Waals surface area contributed by atoms with E-state index in [1.165, 1.54) is 0 Å². The van der Waals surface area contributed by atoms with Gasteiger partial charge in [-0.25, -0.2) is 0 Å². The van der Waals surface area contributed by atoms with E-state index in [1.54, 1.807) is 31.4 Å². The molecule has 0 saturated carbocycles. The SMILES string of the molecule is C[C@H]([C@@H]1O[C@H]1C[C@H]1CO[C@@H](Cc2cc(-c3ccc([S+](C)[O-])cc3)no2)[C@H](O)[C@@H]1O)[C@H](C)O. The lowest BCUT2D eigenvalue weighted by atomic mass is 9.86. The van der Waals surface area contributed by atoms with Crippen molar-refractivity contribution in [1.29, 1.82) is 0 Å². The van der Waals surface area contributed by atoms with Crippen molar-refractivity contribution < 1.29 is 33.9 Å². The van der Waals surface area contributed by atoms with Gasteiger partial charge in [0, 0.05) is 29.9 Å². The van der Waals surface area contributed by atoms with Crippen LogP contribution >= 0.6 is 0 Å². The minimum atomic E-state index is -1.05. The van der Waals surface area contributed by atoms with E-state index in [2.05, 4.69) is 5.16 Å². The number of epoxide rings is 1. The molecule has 2 aliphatic rings. The molecule has 0 aliphatic carbocycles. The van der Waals surface area contributed by atoms with Crippen molar-refractivity contribution in [1.82, 2.24) is 5.16 Å². The van der Waals surface area contributed by atoms with Crippen LogP contribution in [0, 0.1) is 11.8 Å². The number of aliphatic hydroxyl groups excluding tert-OH is 3. The van der Waals surface area contributed by atoms with E-state index in [-0.39, 0.29) is 30.5 Å². The third kappa shape index (κ3) is 5.20. The van der Waals surface area contributed by atoms with Gasteiger partial charge in [-0.15, -0.1) is 0 Å². The van der Waals surface area contributed by atoms with Gasteiger partial charge in [-0.2, -0.15) is 0 Å². The molecule has 3 heterocycles. The molecule has 176 valence electrons. The molecule has 0 amide bonds. The van der Waals surface area contributed by atoms with Gasteiger partial charge < -0.3 is 33.9 Å². The Morgan fingerprint density at radius 1 is 1.16 bits per heavy atom. The van der Waals surface area contributed by atoms with Crippen LogP contribution in [0.4, 0.5) is 0 Å². The summed E-state index contributed by atoms with van der Waals surface area (Å²) in [6, 6.07) is 9.04. The quantitative estimate of drug-likeness (QED) is 0.395. The van der Waals surface area contributed by atoms with Crippen LogP contribution in [-0.4, -0.2) is 74.5 Å². The molecule has 2 aromatic rings. The van der Waals surface area contributed by atoms with Gasteiger partial charge in [0.25, 0.3) is 0 Å². The Kier molecular flexibility index (Phi) is 7.26. The lowest BCUT2D eigenvalue weighted by Crippen LogP contribution is -2.51. The standard InChI is InChI=1S/C23H31NO7S/c1-12(13(2)25)23-20(30-23)8-15-11-29-19(22(27)21(15)26)10-16-9-18(24-31-16)14-4-6-17(7-5-14)32(3)28/h4-7,9,12-13,15,19-23,25-27H,8,10-11H2,1-3H3/t12-,13-,15-,19-,20-,21+,22-,23-,32?/m0/s1. The van der Waals surface area contributed by atoms with E-state index in [0.717, 1.165) is 10.5 Å². The molecule has 2 fully saturated rings. The molecule has 2 aliphatic heterocycles. The third-order valence-corrected chi connectivity index (χ3v) is 7.55. The Morgan fingerprint density at radius 3 is 2.53 bits per heavy atom. The second-order valence-electron chi connectivity index (χ2n) is 8.95. The zero-order valence-electron chi connectivity index (χ0n) is 18.5. The summed E-state index contributed by atoms with van der Waals surface area (Å²) < 4.78 is 28.5. The number of aliphatic hydroxyl groups is 3. The first kappa shape index (κ1) is 23.7. The van der Waals surface area contributed by atoms with Gasteiger partial charge in [-0.05, 0) is 48.8 Å². The number of hydrogen-bond donors (Lipinski definition) is 3. The van der Waals surface area contributed by atoms with E-state index in [0.29, 0.717) is 24.5 Å². The molecular weight excluding hydrogens is 434 g/mol. The molecule has 4 rings (SSSR count). The van der Waals surface area contributed by atoms with E-state index in [4.69, 9.17) is 14.0 Å². The number of hydrogen-bond acceptors (Lipinski definition) is 8. The Bertz CT molecular complexity index is 887. The summed E-state index contributed by atoms with van der Waals surface area (Å²) in [5, 5.41) is 35.1. The number of aromatic nitrogens is 1. The lowest BCUT2D eigenvalue weighted by molar-refractivity contribution is -0.166. The predicted octanol–water partition coefficient (Wildman–Crippen LogP) is 1.53. The maximum Gasteiger partial charge on any atom is 0.152 e. The first-order valence-corrected chi connectivity index (χ1v) is 12.5. The minimum Gasteiger partial charge on any atom is -0.612 e. The molecule has 32 heavy (non-hydrogen) atoms. The monoisotopic (exact) mass is 465 g/mol. The smallest absolute Gasteiger partial charge is 0.152 e. The van der Waals surface area contributed by atoms with Crippen LogP contribution in [0.25, 0.3) is 11.3 Å². The molecular formula is C23H31NO7S. The molecule has 8 nitrogen and oxygen atoms in total. The minimum absolute atomic E-state index is 0.0175. The van der Waals surface area contributed by atoms with Crippen molar-refractivity contribution >= 4 is 11.2 Å². The molecule has 0 bridgehead atoms. The van der Waals surface area contributed by atoms with Crippen molar-refractivity contribution in [2.24, 2.45) is 11.8 Å². The lowest BCUT2D eigenvalue weighted by Gasteiger charge is -2.37. The van der Waals surface area contributed by atoms with Crippen LogP contribution in [0.3, 0.4) is 0 Å². The van der Waals surface area contributed by atoms with E-state index in [9.17, 15) is 19.9 Å². The second kappa shape index (κ2) is 9.80. The fourth-order valence-corrected chi connectivity index (χ4v) is 4.79. The summed E-state index contributed by atoms with van der Waals surface area (Å²) in [6.45, 7) is 4.00. The van der Waals surface area contributed by atoms with Gasteiger partial charge in [-0.1, -0.05) is 12.1 Å². The van der Waals surface area contributed by atoms with Crippen molar-refractivity contribution in [2.45, 2.75) is 68.2 Å². The van der Waals surface area contributed by atoms with Crippen LogP contribution in [0.2, 0.25) is 0 Å². The Labute approximate surface area is 190 Å². The fourth-order valence-electron chi connectivity index (χ4n) is 4.27. The van der Waals surface area contributed by atoms with Gasteiger partial charge in [0.15, 0.2) is 4.90 Å². The molecule has 1 aromatic carbocycles. The normalized spacial score (nSPS) is 33.0. The first-order valence-electron chi connectivity index (χ1n) is 10.9. The van der Waals surface area contributed by atoms with Crippen molar-refractivity contribution in [3.63, 3.8) is 0 Å². The highest BCUT2D eigenvalue weighted by Gasteiger charge is 2.48. The average molecular weight is 466 g/mol. The summed E-state index contributed by atoms with van der Waals surface area (Å²) in [7, 11) is 0. The third-order valence-electron chi connectivity index (χ3n) is 6.62. The summed E-state index contributed by atoms with van der Waals surface area (Å²) in [5.41, 5.74) is 1.48. The van der Waals surface area contributed by atoms with Crippen molar-refractivity contribution in [2.75, 3.05) is 12.9 Å². The van der Waals surface area contributed by atoms with E-state index < -0.39 is 35.6 Å². The highest BCUT2D eigenvalue weighted by molar-refractivity contribution is 7.90. The van der Waals surface area contributed by atoms with E-state index >= 15 is 0 Å². The topological polar surface area (TPSA) is 132 Å². The zero-order chi connectivity index (χ0) is 23.0. The van der Waals surface area contributed by atoms with Crippen molar-refractivity contribution in [3.8, 4) is 11.3 Å². The van der Waals surface area contributed by atoms with Gasteiger partial charge >= 0.3 is 0 Å². The van der Waals surface area contributed by atoms with Crippen LogP contribution in [0.1, 0.15) is 26.0 Å². The molecule has 9 heteroatoms. The van der Waals surface area contributed by atoms with Gasteiger partial charge in [0.2, 0.25) is 0 Å². The Morgan fingerprint density at radius 2 is 1.88 bits per heavy atom. The number of benzene rings is 1. The maximum atomic E-state index is 11.5. The summed E-state index contributed by atoms with van der Waals surface area (Å²) in [5.74, 6) is 0.347. The molecule has 2 saturated heterocycles. The summed E-state index contributed by atoms with van der Waals surface area (Å²) in [4.78, 5) is 0.739. The number of nitrogens with zero attached hydrogens (tertiary/aromatic N) is 1. The maximum absolute atomic E-state index is 11.5. The molecule has 0 spiro atoms. The Balaban J connectivity index is 1.32. The van der Waals surface area contributed by atoms with Crippen LogP contribution in [-0.2, 0) is 27.1 Å². The molecule has 1 unspecified atom stereocenters. The largest absolute Gasteiger partial charge is 0.612 e. The number of rotatable bonds is 8. The Hall–Kier alpha value is -1.46. The van der Waals surface area contributed by atoms with E-state index in [1.807, 2.05) is 19.1 Å². The van der Waals surface area contributed by atoms with Crippen LogP contribution in [0.5, 0.6) is 0 Å². The molecule has 0 radical (unpaired) electrons. The summed E-state index contributed by atoms with van der Waals surface area (Å²) >= 11 is -1.04. The van der Waals surface area contributed by atoms with Crippen LogP contribution < -0.4 is 0 Å². The summed E-state index contributed by atoms with van der Waals surface area (Å²) in [6.07, 6.45) is -0.570. The first-order chi connectivity index (χ1) is 15.2. The van der Waals surface area contributed by atoms with Crippen molar-refractivity contribution in [3.05, 3.63) is 36.1 Å². The molecule has 1 aromatic heterocycles. The number of ether oxygens (including phenoxy) is 2. The molecule has 9 atom stereocenters. The highest BCUT2D eigenvalue weighted by Crippen LogP contribution is 2.38. The zero-order valence-corrected chi connectivity index (χ0v) is 19.3. The second-order valence-corrected chi connectivity index (χ2v) is 10.3. The van der Waals surface area contributed by atoms with Gasteiger partial charge in [0.1, 0.15) is 23.8 Å². The molecule has 3 N–H and O–H groups in total.